The molecule has 0 saturated carbocycles. The van der Waals surface area contributed by atoms with Crippen LogP contribution in [0, 0.1) is 5.82 Å². The standard InChI is InChI=1S/C16H13FN2O2/c17-11-7-5-10(6-8-11)15-16(14(21)9-20)19-13-4-2-1-3-12(13)18-15/h1-8,14,20-21H,9H2. The summed E-state index contributed by atoms with van der Waals surface area (Å²) in [5.74, 6) is -0.350. The lowest BCUT2D eigenvalue weighted by atomic mass is 10.1. The lowest BCUT2D eigenvalue weighted by Crippen LogP contribution is -2.09. The molecule has 0 bridgehead atoms. The van der Waals surface area contributed by atoms with Gasteiger partial charge in [0, 0.05) is 5.56 Å². The summed E-state index contributed by atoms with van der Waals surface area (Å²) in [5.41, 5.74) is 2.66. The van der Waals surface area contributed by atoms with Crippen LogP contribution in [0.15, 0.2) is 48.5 Å². The fourth-order valence-corrected chi connectivity index (χ4v) is 2.15. The van der Waals surface area contributed by atoms with Crippen molar-refractivity contribution in [3.8, 4) is 11.3 Å². The number of rotatable bonds is 3. The zero-order valence-corrected chi connectivity index (χ0v) is 11.1. The molecule has 0 radical (unpaired) electrons. The van der Waals surface area contributed by atoms with E-state index in [2.05, 4.69) is 9.97 Å². The number of hydrogen-bond acceptors (Lipinski definition) is 4. The fourth-order valence-electron chi connectivity index (χ4n) is 2.15. The van der Waals surface area contributed by atoms with E-state index in [4.69, 9.17) is 0 Å². The lowest BCUT2D eigenvalue weighted by Gasteiger charge is -2.13. The highest BCUT2D eigenvalue weighted by atomic mass is 19.1. The fraction of sp³-hybridized carbons (Fsp3) is 0.125. The Bertz CT molecular complexity index is 775. The molecule has 0 aliphatic heterocycles. The van der Waals surface area contributed by atoms with Crippen molar-refractivity contribution in [1.29, 1.82) is 0 Å². The van der Waals surface area contributed by atoms with Crippen LogP contribution in [0.4, 0.5) is 4.39 Å². The van der Waals surface area contributed by atoms with Crippen LogP contribution in [0.2, 0.25) is 0 Å². The number of nitrogens with zero attached hydrogens (tertiary/aromatic N) is 2. The maximum Gasteiger partial charge on any atom is 0.123 e. The third kappa shape index (κ3) is 2.61. The summed E-state index contributed by atoms with van der Waals surface area (Å²) in [4.78, 5) is 8.87. The SMILES string of the molecule is OCC(O)c1nc2ccccc2nc1-c1ccc(F)cc1. The van der Waals surface area contributed by atoms with Crippen LogP contribution in [0.5, 0.6) is 0 Å². The molecule has 1 aromatic heterocycles. The summed E-state index contributed by atoms with van der Waals surface area (Å²) in [5, 5.41) is 19.2. The average molecular weight is 284 g/mol. The highest BCUT2D eigenvalue weighted by Gasteiger charge is 2.17. The van der Waals surface area contributed by atoms with Crippen molar-refractivity contribution in [2.75, 3.05) is 6.61 Å². The van der Waals surface area contributed by atoms with Gasteiger partial charge in [-0.15, -0.1) is 0 Å². The molecule has 3 aromatic rings. The van der Waals surface area contributed by atoms with Gasteiger partial charge in [-0.25, -0.2) is 14.4 Å². The molecule has 21 heavy (non-hydrogen) atoms. The van der Waals surface area contributed by atoms with Crippen LogP contribution in [0.1, 0.15) is 11.8 Å². The van der Waals surface area contributed by atoms with Crippen LogP contribution in [0.3, 0.4) is 0 Å². The van der Waals surface area contributed by atoms with Gasteiger partial charge >= 0.3 is 0 Å². The highest BCUT2D eigenvalue weighted by molar-refractivity contribution is 5.78. The molecule has 2 N–H and O–H groups in total. The molecule has 1 unspecified atom stereocenters. The Kier molecular flexibility index (Phi) is 3.60. The molecular formula is C16H13FN2O2. The Balaban J connectivity index is 2.25. The summed E-state index contributed by atoms with van der Waals surface area (Å²) in [7, 11) is 0. The van der Waals surface area contributed by atoms with E-state index in [0.717, 1.165) is 0 Å². The van der Waals surface area contributed by atoms with E-state index in [1.807, 2.05) is 18.2 Å². The quantitative estimate of drug-likeness (QED) is 0.775. The van der Waals surface area contributed by atoms with E-state index in [1.165, 1.54) is 12.1 Å². The van der Waals surface area contributed by atoms with Gasteiger partial charge in [-0.05, 0) is 36.4 Å². The Labute approximate surface area is 120 Å². The molecule has 0 aliphatic rings. The molecule has 0 amide bonds. The second kappa shape index (κ2) is 5.55. The third-order valence-corrected chi connectivity index (χ3v) is 3.20. The van der Waals surface area contributed by atoms with Gasteiger partial charge in [-0.3, -0.25) is 0 Å². The van der Waals surface area contributed by atoms with Crippen molar-refractivity contribution in [2.45, 2.75) is 6.10 Å². The summed E-state index contributed by atoms with van der Waals surface area (Å²) in [6.07, 6.45) is -1.14. The van der Waals surface area contributed by atoms with E-state index in [9.17, 15) is 14.6 Å². The van der Waals surface area contributed by atoms with Crippen molar-refractivity contribution in [1.82, 2.24) is 9.97 Å². The van der Waals surface area contributed by atoms with E-state index in [1.54, 1.807) is 18.2 Å². The summed E-state index contributed by atoms with van der Waals surface area (Å²) < 4.78 is 13.1. The molecule has 0 fully saturated rings. The molecule has 0 spiro atoms. The van der Waals surface area contributed by atoms with Crippen LogP contribution in [0.25, 0.3) is 22.3 Å². The van der Waals surface area contributed by atoms with Gasteiger partial charge in [0.2, 0.25) is 0 Å². The first-order valence-electron chi connectivity index (χ1n) is 6.50. The van der Waals surface area contributed by atoms with Gasteiger partial charge in [0.05, 0.1) is 29.0 Å². The Hall–Kier alpha value is -2.37. The van der Waals surface area contributed by atoms with E-state index in [-0.39, 0.29) is 11.5 Å². The van der Waals surface area contributed by atoms with Gasteiger partial charge in [0.15, 0.2) is 0 Å². The first-order chi connectivity index (χ1) is 10.2. The number of fused-ring (bicyclic) bond motifs is 1. The molecule has 3 rings (SSSR count). The van der Waals surface area contributed by atoms with Crippen LogP contribution in [-0.4, -0.2) is 26.8 Å². The van der Waals surface area contributed by atoms with Crippen molar-refractivity contribution < 1.29 is 14.6 Å². The summed E-state index contributed by atoms with van der Waals surface area (Å²) >= 11 is 0. The van der Waals surface area contributed by atoms with Crippen LogP contribution >= 0.6 is 0 Å². The average Bonchev–Trinajstić information content (AvgIpc) is 2.53. The topological polar surface area (TPSA) is 66.2 Å². The number of para-hydroxylation sites is 2. The highest BCUT2D eigenvalue weighted by Crippen LogP contribution is 2.27. The number of benzene rings is 2. The molecular weight excluding hydrogens is 271 g/mol. The van der Waals surface area contributed by atoms with Gasteiger partial charge in [0.1, 0.15) is 11.9 Å². The summed E-state index contributed by atoms with van der Waals surface area (Å²) in [6.45, 7) is -0.457. The molecule has 4 nitrogen and oxygen atoms in total. The van der Waals surface area contributed by atoms with Crippen molar-refractivity contribution in [2.24, 2.45) is 0 Å². The molecule has 1 atom stereocenters. The minimum atomic E-state index is -1.14. The van der Waals surface area contributed by atoms with E-state index >= 15 is 0 Å². The zero-order chi connectivity index (χ0) is 14.8. The number of halogens is 1. The predicted octanol–water partition coefficient (Wildman–Crippen LogP) is 2.46. The molecule has 1 heterocycles. The monoisotopic (exact) mass is 284 g/mol. The largest absolute Gasteiger partial charge is 0.393 e. The van der Waals surface area contributed by atoms with Gasteiger partial charge in [-0.2, -0.15) is 0 Å². The van der Waals surface area contributed by atoms with Crippen LogP contribution < -0.4 is 0 Å². The lowest BCUT2D eigenvalue weighted by molar-refractivity contribution is 0.0927. The Morgan fingerprint density at radius 1 is 0.952 bits per heavy atom. The Morgan fingerprint density at radius 2 is 1.57 bits per heavy atom. The maximum atomic E-state index is 13.1. The van der Waals surface area contributed by atoms with E-state index in [0.29, 0.717) is 22.3 Å². The molecule has 0 aliphatic carbocycles. The number of aliphatic hydroxyl groups is 2. The smallest absolute Gasteiger partial charge is 0.123 e. The number of aliphatic hydroxyl groups excluding tert-OH is 2. The minimum Gasteiger partial charge on any atom is -0.393 e. The van der Waals surface area contributed by atoms with Gasteiger partial charge in [0.25, 0.3) is 0 Å². The number of hydrogen-bond donors (Lipinski definition) is 2. The third-order valence-electron chi connectivity index (χ3n) is 3.20. The molecule has 106 valence electrons. The second-order valence-corrected chi connectivity index (χ2v) is 4.65. The predicted molar refractivity (Wildman–Crippen MR) is 77.0 cm³/mol. The molecule has 2 aromatic carbocycles. The van der Waals surface area contributed by atoms with Crippen LogP contribution in [-0.2, 0) is 0 Å². The maximum absolute atomic E-state index is 13.1. The van der Waals surface area contributed by atoms with Crippen molar-refractivity contribution in [3.63, 3.8) is 0 Å². The van der Waals surface area contributed by atoms with Crippen molar-refractivity contribution >= 4 is 11.0 Å². The molecule has 0 saturated heterocycles. The first kappa shape index (κ1) is 13.6. The zero-order valence-electron chi connectivity index (χ0n) is 11.1. The summed E-state index contributed by atoms with van der Waals surface area (Å²) in [6, 6.07) is 13.0. The number of aromatic nitrogens is 2. The second-order valence-electron chi connectivity index (χ2n) is 4.65. The minimum absolute atomic E-state index is 0.280. The van der Waals surface area contributed by atoms with Gasteiger partial charge < -0.3 is 10.2 Å². The molecule has 5 heteroatoms. The first-order valence-corrected chi connectivity index (χ1v) is 6.50. The van der Waals surface area contributed by atoms with Crippen molar-refractivity contribution in [3.05, 3.63) is 60.0 Å². The van der Waals surface area contributed by atoms with E-state index < -0.39 is 12.7 Å². The van der Waals surface area contributed by atoms with Gasteiger partial charge in [-0.1, -0.05) is 12.1 Å². The Morgan fingerprint density at radius 3 is 2.19 bits per heavy atom. The normalized spacial score (nSPS) is 12.5.